The van der Waals surface area contributed by atoms with Crippen molar-refractivity contribution in [1.82, 2.24) is 9.21 Å². The summed E-state index contributed by atoms with van der Waals surface area (Å²) in [5.74, 6) is -0.187. The number of nitrogens with zero attached hydrogens (tertiary/aromatic N) is 3. The van der Waals surface area contributed by atoms with Gasteiger partial charge in [-0.2, -0.15) is 9.57 Å². The van der Waals surface area contributed by atoms with Crippen LogP contribution in [0.1, 0.15) is 15.9 Å². The Morgan fingerprint density at radius 3 is 2.37 bits per heavy atom. The second kappa shape index (κ2) is 7.87. The number of hydrogen-bond donors (Lipinski definition) is 0. The number of carbonyl (C=O) groups excluding carboxylic acids is 1. The fourth-order valence-corrected chi connectivity index (χ4v) is 4.63. The number of rotatable bonds is 3. The molecule has 0 bridgehead atoms. The van der Waals surface area contributed by atoms with E-state index in [1.807, 2.05) is 6.07 Å². The Bertz CT molecular complexity index is 1030. The molecule has 0 aromatic heterocycles. The smallest absolute Gasteiger partial charge is 0.253 e. The lowest BCUT2D eigenvalue weighted by Gasteiger charge is -2.34. The normalized spacial score (nSPS) is 15.4. The highest BCUT2D eigenvalue weighted by molar-refractivity contribution is 7.89. The Kier molecular flexibility index (Phi) is 5.72. The molecule has 1 saturated heterocycles. The van der Waals surface area contributed by atoms with Crippen LogP contribution in [0, 0.1) is 11.3 Å². The van der Waals surface area contributed by atoms with Gasteiger partial charge >= 0.3 is 0 Å². The Hall–Kier alpha value is -2.11. The van der Waals surface area contributed by atoms with Crippen molar-refractivity contribution in [1.29, 1.82) is 5.26 Å². The van der Waals surface area contributed by atoms with Gasteiger partial charge in [-0.25, -0.2) is 8.42 Å². The van der Waals surface area contributed by atoms with Crippen LogP contribution >= 0.6 is 23.2 Å². The van der Waals surface area contributed by atoms with Gasteiger partial charge in [0.05, 0.1) is 15.5 Å². The predicted molar refractivity (Wildman–Crippen MR) is 102 cm³/mol. The number of carbonyl (C=O) groups is 1. The average molecular weight is 424 g/mol. The van der Waals surface area contributed by atoms with Crippen molar-refractivity contribution in [3.8, 4) is 6.07 Å². The number of amides is 1. The fourth-order valence-electron chi connectivity index (χ4n) is 2.84. The third-order valence-corrected chi connectivity index (χ3v) is 6.75. The van der Waals surface area contributed by atoms with Gasteiger partial charge in [-0.3, -0.25) is 4.79 Å². The highest BCUT2D eigenvalue weighted by Gasteiger charge is 2.30. The molecule has 0 aliphatic carbocycles. The number of benzene rings is 2. The van der Waals surface area contributed by atoms with Crippen molar-refractivity contribution < 1.29 is 13.2 Å². The highest BCUT2D eigenvalue weighted by atomic mass is 35.5. The van der Waals surface area contributed by atoms with E-state index in [0.717, 1.165) is 0 Å². The van der Waals surface area contributed by atoms with Gasteiger partial charge in [0.25, 0.3) is 5.91 Å². The Morgan fingerprint density at radius 1 is 1.04 bits per heavy atom. The van der Waals surface area contributed by atoms with Gasteiger partial charge in [0.2, 0.25) is 10.0 Å². The van der Waals surface area contributed by atoms with Crippen molar-refractivity contribution in [2.24, 2.45) is 0 Å². The summed E-state index contributed by atoms with van der Waals surface area (Å²) in [6, 6.07) is 12.6. The second-order valence-corrected chi connectivity index (χ2v) is 8.74. The summed E-state index contributed by atoms with van der Waals surface area (Å²) in [4.78, 5) is 14.2. The summed E-state index contributed by atoms with van der Waals surface area (Å²) >= 11 is 11.8. The van der Waals surface area contributed by atoms with Crippen LogP contribution in [0.3, 0.4) is 0 Å². The zero-order valence-electron chi connectivity index (χ0n) is 14.1. The number of hydrogen-bond acceptors (Lipinski definition) is 4. The molecule has 0 saturated carbocycles. The minimum absolute atomic E-state index is 0.0121. The van der Waals surface area contributed by atoms with Crippen LogP contribution in [0.15, 0.2) is 47.4 Å². The van der Waals surface area contributed by atoms with Crippen molar-refractivity contribution >= 4 is 39.1 Å². The van der Waals surface area contributed by atoms with Crippen LogP contribution in [0.5, 0.6) is 0 Å². The summed E-state index contributed by atoms with van der Waals surface area (Å²) in [5.41, 5.74) is 0.572. The maximum Gasteiger partial charge on any atom is 0.253 e. The lowest BCUT2D eigenvalue weighted by molar-refractivity contribution is 0.0698. The first-order valence-electron chi connectivity index (χ1n) is 8.07. The van der Waals surface area contributed by atoms with E-state index in [2.05, 4.69) is 0 Å². The molecule has 9 heteroatoms. The summed E-state index contributed by atoms with van der Waals surface area (Å²) in [6.07, 6.45) is 0. The van der Waals surface area contributed by atoms with Crippen LogP contribution in [-0.2, 0) is 10.0 Å². The number of piperazine rings is 1. The molecular formula is C18H15Cl2N3O3S. The first-order chi connectivity index (χ1) is 12.8. The monoisotopic (exact) mass is 423 g/mol. The van der Waals surface area contributed by atoms with Gasteiger partial charge in [-0.05, 0) is 36.4 Å². The van der Waals surface area contributed by atoms with E-state index in [1.165, 1.54) is 22.5 Å². The first-order valence-corrected chi connectivity index (χ1v) is 10.3. The quantitative estimate of drug-likeness (QED) is 0.759. The van der Waals surface area contributed by atoms with Gasteiger partial charge in [0, 0.05) is 36.8 Å². The van der Waals surface area contributed by atoms with Crippen molar-refractivity contribution in [3.63, 3.8) is 0 Å². The van der Waals surface area contributed by atoms with Crippen molar-refractivity contribution in [2.75, 3.05) is 26.2 Å². The molecule has 1 aliphatic heterocycles. The predicted octanol–water partition coefficient (Wildman–Crippen LogP) is 3.01. The largest absolute Gasteiger partial charge is 0.336 e. The van der Waals surface area contributed by atoms with E-state index < -0.39 is 10.0 Å². The Balaban J connectivity index is 1.73. The van der Waals surface area contributed by atoms with E-state index in [1.54, 1.807) is 29.2 Å². The van der Waals surface area contributed by atoms with Crippen molar-refractivity contribution in [3.05, 3.63) is 63.6 Å². The van der Waals surface area contributed by atoms with Gasteiger partial charge in [-0.1, -0.05) is 29.3 Å². The molecule has 0 radical (unpaired) electrons. The molecule has 3 rings (SSSR count). The Morgan fingerprint density at radius 2 is 1.74 bits per heavy atom. The molecule has 2 aromatic carbocycles. The summed E-state index contributed by atoms with van der Waals surface area (Å²) in [7, 11) is -3.77. The van der Waals surface area contributed by atoms with E-state index in [-0.39, 0.29) is 47.6 Å². The zero-order valence-corrected chi connectivity index (χ0v) is 16.4. The third-order valence-electron chi connectivity index (χ3n) is 4.29. The molecule has 0 unspecified atom stereocenters. The summed E-state index contributed by atoms with van der Waals surface area (Å²) in [6.45, 7) is 0.866. The number of sulfonamides is 1. The lowest BCUT2D eigenvalue weighted by Crippen LogP contribution is -2.50. The number of nitriles is 1. The molecule has 140 valence electrons. The lowest BCUT2D eigenvalue weighted by atomic mass is 10.2. The first kappa shape index (κ1) is 19.6. The van der Waals surface area contributed by atoms with Crippen LogP contribution in [0.25, 0.3) is 0 Å². The van der Waals surface area contributed by atoms with Crippen LogP contribution in [-0.4, -0.2) is 49.7 Å². The Labute approximate surface area is 167 Å². The standard InChI is InChI=1S/C18H15Cl2N3O3S/c19-15-3-1-2-13(10-15)18(24)22-6-8-23(9-7-22)27(25,26)16-4-5-17(20)14(11-16)12-21/h1-5,10-11H,6-9H2. The topological polar surface area (TPSA) is 81.5 Å². The molecule has 0 N–H and O–H groups in total. The molecule has 2 aromatic rings. The van der Waals surface area contributed by atoms with Gasteiger partial charge < -0.3 is 4.90 Å². The van der Waals surface area contributed by atoms with E-state index >= 15 is 0 Å². The molecular weight excluding hydrogens is 409 g/mol. The molecule has 0 atom stereocenters. The van der Waals surface area contributed by atoms with Crippen molar-refractivity contribution in [2.45, 2.75) is 4.90 Å². The second-order valence-electron chi connectivity index (χ2n) is 5.96. The van der Waals surface area contributed by atoms with Gasteiger partial charge in [0.1, 0.15) is 6.07 Å². The maximum absolute atomic E-state index is 12.8. The molecule has 1 amide bonds. The van der Waals surface area contributed by atoms with E-state index in [4.69, 9.17) is 28.5 Å². The van der Waals surface area contributed by atoms with E-state index in [9.17, 15) is 13.2 Å². The third kappa shape index (κ3) is 4.09. The molecule has 1 fully saturated rings. The average Bonchev–Trinajstić information content (AvgIpc) is 2.67. The molecule has 1 aliphatic rings. The number of halogens is 2. The van der Waals surface area contributed by atoms with Gasteiger partial charge in [-0.15, -0.1) is 0 Å². The minimum Gasteiger partial charge on any atom is -0.336 e. The minimum atomic E-state index is -3.77. The molecule has 0 spiro atoms. The van der Waals surface area contributed by atoms with E-state index in [0.29, 0.717) is 10.6 Å². The van der Waals surface area contributed by atoms with Crippen LogP contribution in [0.2, 0.25) is 10.0 Å². The van der Waals surface area contributed by atoms with Gasteiger partial charge in [0.15, 0.2) is 0 Å². The highest BCUT2D eigenvalue weighted by Crippen LogP contribution is 2.23. The maximum atomic E-state index is 12.8. The summed E-state index contributed by atoms with van der Waals surface area (Å²) in [5, 5.41) is 9.72. The van der Waals surface area contributed by atoms with Crippen LogP contribution < -0.4 is 0 Å². The SMILES string of the molecule is N#Cc1cc(S(=O)(=O)N2CCN(C(=O)c3cccc(Cl)c3)CC2)ccc1Cl. The molecule has 1 heterocycles. The zero-order chi connectivity index (χ0) is 19.6. The summed E-state index contributed by atoms with van der Waals surface area (Å²) < 4.78 is 26.9. The molecule has 27 heavy (non-hydrogen) atoms. The fraction of sp³-hybridized carbons (Fsp3) is 0.222. The van der Waals surface area contributed by atoms with Crippen LogP contribution in [0.4, 0.5) is 0 Å². The molecule has 6 nitrogen and oxygen atoms in total.